The highest BCUT2D eigenvalue weighted by molar-refractivity contribution is 7.19. The molecule has 0 amide bonds. The fourth-order valence-corrected chi connectivity index (χ4v) is 2.94. The van der Waals surface area contributed by atoms with Crippen molar-refractivity contribution in [3.8, 4) is 22.2 Å². The van der Waals surface area contributed by atoms with Crippen LogP contribution in [-0.2, 0) is 6.18 Å². The van der Waals surface area contributed by atoms with Crippen molar-refractivity contribution >= 4 is 16.3 Å². The molecule has 3 aromatic heterocycles. The van der Waals surface area contributed by atoms with E-state index in [1.807, 2.05) is 0 Å². The highest BCUT2D eigenvalue weighted by Crippen LogP contribution is 2.33. The number of nitrogens with zero attached hydrogens (tertiary/aromatic N) is 4. The van der Waals surface area contributed by atoms with Gasteiger partial charge in [-0.2, -0.15) is 17.7 Å². The Hall–Kier alpha value is -2.68. The number of fused-ring (bicyclic) bond motifs is 1. The Morgan fingerprint density at radius 3 is 2.70 bits per heavy atom. The molecule has 23 heavy (non-hydrogen) atoms. The van der Waals surface area contributed by atoms with Crippen LogP contribution in [0.1, 0.15) is 5.56 Å². The molecule has 0 radical (unpaired) electrons. The Morgan fingerprint density at radius 2 is 1.96 bits per heavy atom. The standard InChI is InChI=1S/C14H7F3N4OS/c15-14(16,17)9-4-1-3-8(7-9)11-18-19-13-21(11)20-12(23-13)10-5-2-6-22-10/h1-7H. The zero-order valence-corrected chi connectivity index (χ0v) is 12.1. The van der Waals surface area contributed by atoms with E-state index in [2.05, 4.69) is 15.3 Å². The molecule has 0 unspecified atom stereocenters. The van der Waals surface area contributed by atoms with Crippen LogP contribution in [-0.4, -0.2) is 19.8 Å². The van der Waals surface area contributed by atoms with E-state index in [9.17, 15) is 13.2 Å². The topological polar surface area (TPSA) is 56.2 Å². The van der Waals surface area contributed by atoms with Gasteiger partial charge in [-0.3, -0.25) is 0 Å². The van der Waals surface area contributed by atoms with Crippen LogP contribution in [0.3, 0.4) is 0 Å². The Labute approximate surface area is 131 Å². The summed E-state index contributed by atoms with van der Waals surface area (Å²) in [5.74, 6) is 0.815. The normalized spacial score (nSPS) is 12.1. The van der Waals surface area contributed by atoms with Gasteiger partial charge in [0.15, 0.2) is 16.6 Å². The minimum absolute atomic E-state index is 0.250. The predicted octanol–water partition coefficient (Wildman–Crippen LogP) is 4.13. The molecule has 1 aromatic carbocycles. The number of rotatable bonds is 2. The number of benzene rings is 1. The van der Waals surface area contributed by atoms with Gasteiger partial charge in [0.25, 0.3) is 0 Å². The lowest BCUT2D eigenvalue weighted by Gasteiger charge is -2.07. The quantitative estimate of drug-likeness (QED) is 0.552. The molecule has 9 heteroatoms. The van der Waals surface area contributed by atoms with Gasteiger partial charge in [-0.15, -0.1) is 15.3 Å². The van der Waals surface area contributed by atoms with E-state index in [1.54, 1.807) is 12.1 Å². The third-order valence-electron chi connectivity index (χ3n) is 3.17. The predicted molar refractivity (Wildman–Crippen MR) is 76.8 cm³/mol. The molecule has 0 fully saturated rings. The number of hydrogen-bond donors (Lipinski definition) is 0. The molecule has 0 aliphatic rings. The van der Waals surface area contributed by atoms with Crippen molar-refractivity contribution in [1.29, 1.82) is 0 Å². The highest BCUT2D eigenvalue weighted by Gasteiger charge is 2.31. The summed E-state index contributed by atoms with van der Waals surface area (Å²) in [5, 5.41) is 12.8. The molecule has 0 spiro atoms. The SMILES string of the molecule is FC(F)(F)c1cccc(-c2nnc3sc(-c4ccco4)nn23)c1. The van der Waals surface area contributed by atoms with Gasteiger partial charge in [-0.05, 0) is 24.3 Å². The molecule has 4 rings (SSSR count). The number of alkyl halides is 3. The molecule has 0 aliphatic carbocycles. The van der Waals surface area contributed by atoms with E-state index in [4.69, 9.17) is 4.42 Å². The van der Waals surface area contributed by atoms with Crippen LogP contribution in [0.5, 0.6) is 0 Å². The van der Waals surface area contributed by atoms with Crippen LogP contribution >= 0.6 is 11.3 Å². The molecule has 0 bridgehead atoms. The summed E-state index contributed by atoms with van der Waals surface area (Å²) in [5.41, 5.74) is -0.447. The lowest BCUT2D eigenvalue weighted by Crippen LogP contribution is -2.05. The first kappa shape index (κ1) is 13.9. The largest absolute Gasteiger partial charge is 0.462 e. The zero-order chi connectivity index (χ0) is 16.0. The maximum atomic E-state index is 12.8. The Morgan fingerprint density at radius 1 is 1.09 bits per heavy atom. The van der Waals surface area contributed by atoms with Crippen LogP contribution in [0.2, 0.25) is 0 Å². The maximum absolute atomic E-state index is 12.8. The monoisotopic (exact) mass is 336 g/mol. The van der Waals surface area contributed by atoms with Crippen LogP contribution in [0.25, 0.3) is 27.1 Å². The van der Waals surface area contributed by atoms with Gasteiger partial charge in [-0.25, -0.2) is 0 Å². The highest BCUT2D eigenvalue weighted by atomic mass is 32.1. The van der Waals surface area contributed by atoms with E-state index in [-0.39, 0.29) is 5.82 Å². The van der Waals surface area contributed by atoms with Crippen molar-refractivity contribution in [2.45, 2.75) is 6.18 Å². The van der Waals surface area contributed by atoms with E-state index in [0.29, 0.717) is 21.3 Å². The molecular formula is C14H7F3N4OS. The molecule has 0 aliphatic heterocycles. The molecule has 0 saturated heterocycles. The second kappa shape index (κ2) is 4.92. The smallest absolute Gasteiger partial charge is 0.416 e. The van der Waals surface area contributed by atoms with Crippen molar-refractivity contribution in [2.24, 2.45) is 0 Å². The molecule has 116 valence electrons. The minimum atomic E-state index is -4.42. The summed E-state index contributed by atoms with van der Waals surface area (Å²) in [7, 11) is 0. The lowest BCUT2D eigenvalue weighted by atomic mass is 10.1. The van der Waals surface area contributed by atoms with Crippen molar-refractivity contribution in [3.63, 3.8) is 0 Å². The van der Waals surface area contributed by atoms with Gasteiger partial charge in [0.2, 0.25) is 4.96 Å². The van der Waals surface area contributed by atoms with Crippen molar-refractivity contribution in [2.75, 3.05) is 0 Å². The summed E-state index contributed by atoms with van der Waals surface area (Å²) in [4.78, 5) is 0.476. The third-order valence-corrected chi connectivity index (χ3v) is 4.08. The first-order valence-electron chi connectivity index (χ1n) is 6.46. The van der Waals surface area contributed by atoms with E-state index >= 15 is 0 Å². The molecule has 0 atom stereocenters. The van der Waals surface area contributed by atoms with Gasteiger partial charge in [0.05, 0.1) is 11.8 Å². The molecule has 5 nitrogen and oxygen atoms in total. The second-order valence-corrected chi connectivity index (χ2v) is 5.64. The number of hydrogen-bond acceptors (Lipinski definition) is 5. The first-order valence-corrected chi connectivity index (χ1v) is 7.28. The Kier molecular flexibility index (Phi) is 2.98. The average Bonchev–Trinajstić information content (AvgIpc) is 3.22. The maximum Gasteiger partial charge on any atom is 0.416 e. The van der Waals surface area contributed by atoms with Crippen LogP contribution < -0.4 is 0 Å². The summed E-state index contributed by atoms with van der Waals surface area (Å²) in [6.45, 7) is 0. The van der Waals surface area contributed by atoms with Gasteiger partial charge in [0, 0.05) is 5.56 Å². The molecule has 0 saturated carbocycles. The van der Waals surface area contributed by atoms with E-state index in [0.717, 1.165) is 12.1 Å². The van der Waals surface area contributed by atoms with Crippen molar-refractivity contribution < 1.29 is 17.6 Å². The summed E-state index contributed by atoms with van der Waals surface area (Å²) < 4.78 is 45.2. The summed E-state index contributed by atoms with van der Waals surface area (Å²) in [6, 6.07) is 8.39. The third kappa shape index (κ3) is 2.38. The molecular weight excluding hydrogens is 329 g/mol. The Balaban J connectivity index is 1.83. The van der Waals surface area contributed by atoms with Crippen LogP contribution in [0.15, 0.2) is 47.1 Å². The Bertz CT molecular complexity index is 972. The fourth-order valence-electron chi connectivity index (χ4n) is 2.13. The van der Waals surface area contributed by atoms with Gasteiger partial charge < -0.3 is 4.42 Å². The molecule has 4 aromatic rings. The van der Waals surface area contributed by atoms with Gasteiger partial charge in [-0.1, -0.05) is 23.5 Å². The minimum Gasteiger partial charge on any atom is -0.462 e. The second-order valence-electron chi connectivity index (χ2n) is 4.68. The van der Waals surface area contributed by atoms with E-state index in [1.165, 1.54) is 34.2 Å². The fraction of sp³-hybridized carbons (Fsp3) is 0.0714. The van der Waals surface area contributed by atoms with Gasteiger partial charge >= 0.3 is 6.18 Å². The summed E-state index contributed by atoms with van der Waals surface area (Å²) >= 11 is 1.24. The molecule has 0 N–H and O–H groups in total. The number of halogens is 3. The number of aromatic nitrogens is 4. The van der Waals surface area contributed by atoms with Crippen LogP contribution in [0, 0.1) is 0 Å². The zero-order valence-electron chi connectivity index (χ0n) is 11.3. The van der Waals surface area contributed by atoms with Crippen LogP contribution in [0.4, 0.5) is 13.2 Å². The van der Waals surface area contributed by atoms with Gasteiger partial charge in [0.1, 0.15) is 0 Å². The first-order chi connectivity index (χ1) is 11.0. The average molecular weight is 336 g/mol. The number of furan rings is 1. The van der Waals surface area contributed by atoms with Crippen molar-refractivity contribution in [3.05, 3.63) is 48.2 Å². The lowest BCUT2D eigenvalue weighted by molar-refractivity contribution is -0.137. The van der Waals surface area contributed by atoms with E-state index < -0.39 is 11.7 Å². The summed E-state index contributed by atoms with van der Waals surface area (Å²) in [6.07, 6.45) is -2.90. The molecule has 3 heterocycles. The van der Waals surface area contributed by atoms with Crippen molar-refractivity contribution in [1.82, 2.24) is 19.8 Å².